The van der Waals surface area contributed by atoms with E-state index in [-0.39, 0.29) is 5.78 Å². The molecule has 0 aliphatic carbocycles. The number of benzene rings is 2. The van der Waals surface area contributed by atoms with Crippen LogP contribution in [-0.4, -0.2) is 28.5 Å². The molecule has 0 radical (unpaired) electrons. The fraction of sp³-hybridized carbons (Fsp3) is 0.304. The Morgan fingerprint density at radius 1 is 1.07 bits per heavy atom. The quantitative estimate of drug-likeness (QED) is 0.475. The first kappa shape index (κ1) is 17.0. The molecule has 0 spiro atoms. The fourth-order valence-corrected chi connectivity index (χ4v) is 4.53. The second-order valence-corrected chi connectivity index (χ2v) is 8.44. The fourth-order valence-electron chi connectivity index (χ4n) is 4.53. The van der Waals surface area contributed by atoms with Gasteiger partial charge in [0.2, 0.25) is 0 Å². The molecule has 1 aromatic heterocycles. The number of Topliss-reactive ketones (excluding diaryl/α,β-unsaturated/α-hetero) is 1. The minimum Gasteiger partial charge on any atom is -0.456 e. The van der Waals surface area contributed by atoms with Gasteiger partial charge in [0, 0.05) is 29.6 Å². The van der Waals surface area contributed by atoms with Crippen LogP contribution in [0.2, 0.25) is 0 Å². The Kier molecular flexibility index (Phi) is 3.33. The van der Waals surface area contributed by atoms with Crippen LogP contribution in [-0.2, 0) is 20.0 Å². The monoisotopic (exact) mass is 374 g/mol. The van der Waals surface area contributed by atoms with Gasteiger partial charge in [-0.25, -0.2) is 4.79 Å². The number of rotatable bonds is 1. The van der Waals surface area contributed by atoms with Crippen molar-refractivity contribution in [2.75, 3.05) is 11.4 Å². The summed E-state index contributed by atoms with van der Waals surface area (Å²) in [5.74, 6) is -0.640. The summed E-state index contributed by atoms with van der Waals surface area (Å²) in [4.78, 5) is 29.0. The molecule has 28 heavy (non-hydrogen) atoms. The second-order valence-electron chi connectivity index (χ2n) is 8.44. The molecule has 1 atom stereocenters. The molecule has 0 saturated carbocycles. The van der Waals surface area contributed by atoms with E-state index in [0.29, 0.717) is 13.0 Å². The molecule has 5 nitrogen and oxygen atoms in total. The van der Waals surface area contributed by atoms with E-state index in [1.165, 1.54) is 0 Å². The van der Waals surface area contributed by atoms with E-state index in [1.807, 2.05) is 78.8 Å². The third-order valence-corrected chi connectivity index (χ3v) is 5.53. The highest BCUT2D eigenvalue weighted by atomic mass is 16.6. The molecule has 0 amide bonds. The lowest BCUT2D eigenvalue weighted by molar-refractivity contribution is -0.167. The molecular weight excluding hydrogens is 352 g/mol. The molecule has 5 rings (SSSR count). The van der Waals surface area contributed by atoms with Crippen LogP contribution in [0.4, 0.5) is 5.69 Å². The first-order valence-corrected chi connectivity index (χ1v) is 9.59. The van der Waals surface area contributed by atoms with Gasteiger partial charge in [-0.2, -0.15) is 0 Å². The summed E-state index contributed by atoms with van der Waals surface area (Å²) >= 11 is 0. The normalized spacial score (nSPS) is 20.7. The van der Waals surface area contributed by atoms with Crippen LogP contribution >= 0.6 is 0 Å². The largest absolute Gasteiger partial charge is 0.456 e. The Bertz CT molecular complexity index is 1140. The number of esters is 1. The number of ketones is 1. The summed E-state index contributed by atoms with van der Waals surface area (Å²) in [7, 11) is 0. The number of hydrogen-bond donors (Lipinski definition) is 0. The van der Waals surface area contributed by atoms with Crippen molar-refractivity contribution in [2.24, 2.45) is 0 Å². The molecule has 1 unspecified atom stereocenters. The number of ether oxygens (including phenoxy) is 1. The van der Waals surface area contributed by atoms with Crippen molar-refractivity contribution in [3.63, 3.8) is 0 Å². The average molecular weight is 374 g/mol. The minimum atomic E-state index is -1.50. The first-order valence-electron chi connectivity index (χ1n) is 9.59. The van der Waals surface area contributed by atoms with Gasteiger partial charge in [0.05, 0.1) is 11.2 Å². The first-order chi connectivity index (χ1) is 13.3. The van der Waals surface area contributed by atoms with E-state index in [4.69, 9.17) is 4.74 Å². The number of carbonyl (C=O) groups is 2. The lowest BCUT2D eigenvalue weighted by Crippen LogP contribution is -2.60. The summed E-state index contributed by atoms with van der Waals surface area (Å²) in [5, 5.41) is 0.997. The maximum absolute atomic E-state index is 13.6. The van der Waals surface area contributed by atoms with E-state index in [1.54, 1.807) is 0 Å². The van der Waals surface area contributed by atoms with Gasteiger partial charge in [0.1, 0.15) is 5.60 Å². The van der Waals surface area contributed by atoms with Gasteiger partial charge in [-0.05, 0) is 39.0 Å². The molecule has 2 aromatic carbocycles. The Labute approximate surface area is 163 Å². The number of aromatic nitrogens is 1. The van der Waals surface area contributed by atoms with Crippen molar-refractivity contribution < 1.29 is 14.3 Å². The Hall–Kier alpha value is -3.08. The predicted molar refractivity (Wildman–Crippen MR) is 108 cm³/mol. The molecular formula is C23H22N2O3. The van der Waals surface area contributed by atoms with Crippen LogP contribution in [0.1, 0.15) is 27.2 Å². The third kappa shape index (κ3) is 2.07. The molecule has 3 aromatic rings. The van der Waals surface area contributed by atoms with E-state index < -0.39 is 17.2 Å². The minimum absolute atomic E-state index is 0.126. The SMILES string of the molecule is CC(C)(C)OC(=O)C12C(=O)CCN1c1ccccc1-c1cc3ccccc3n12. The molecule has 2 aliphatic rings. The zero-order valence-electron chi connectivity index (χ0n) is 16.2. The van der Waals surface area contributed by atoms with Gasteiger partial charge in [-0.15, -0.1) is 0 Å². The van der Waals surface area contributed by atoms with Gasteiger partial charge in [0.15, 0.2) is 5.78 Å². The van der Waals surface area contributed by atoms with Gasteiger partial charge in [-0.1, -0.05) is 36.4 Å². The number of carbonyl (C=O) groups excluding carboxylic acids is 2. The highest BCUT2D eigenvalue weighted by Gasteiger charge is 2.61. The van der Waals surface area contributed by atoms with Gasteiger partial charge in [-0.3, -0.25) is 4.79 Å². The van der Waals surface area contributed by atoms with E-state index in [9.17, 15) is 9.59 Å². The molecule has 1 fully saturated rings. The zero-order chi connectivity index (χ0) is 19.7. The van der Waals surface area contributed by atoms with Crippen LogP contribution in [0.25, 0.3) is 22.2 Å². The number of para-hydroxylation sites is 2. The average Bonchev–Trinajstić information content (AvgIpc) is 3.20. The summed E-state index contributed by atoms with van der Waals surface area (Å²) in [6.07, 6.45) is 0.305. The van der Waals surface area contributed by atoms with E-state index in [2.05, 4.69) is 6.07 Å². The topological polar surface area (TPSA) is 51.5 Å². The summed E-state index contributed by atoms with van der Waals surface area (Å²) in [6, 6.07) is 17.9. The third-order valence-electron chi connectivity index (χ3n) is 5.53. The number of anilines is 1. The second kappa shape index (κ2) is 5.47. The molecule has 0 N–H and O–H groups in total. The van der Waals surface area contributed by atoms with Crippen LogP contribution in [0.3, 0.4) is 0 Å². The number of fused-ring (bicyclic) bond motifs is 8. The van der Waals surface area contributed by atoms with Crippen molar-refractivity contribution in [3.8, 4) is 11.3 Å². The Morgan fingerprint density at radius 2 is 1.79 bits per heavy atom. The van der Waals surface area contributed by atoms with Crippen molar-refractivity contribution in [1.82, 2.24) is 4.57 Å². The summed E-state index contributed by atoms with van der Waals surface area (Å²) < 4.78 is 7.72. The Balaban J connectivity index is 1.90. The Morgan fingerprint density at radius 3 is 2.57 bits per heavy atom. The summed E-state index contributed by atoms with van der Waals surface area (Å²) in [6.45, 7) is 5.98. The van der Waals surface area contributed by atoms with Crippen molar-refractivity contribution in [2.45, 2.75) is 38.5 Å². The van der Waals surface area contributed by atoms with Crippen LogP contribution in [0.15, 0.2) is 54.6 Å². The molecule has 142 valence electrons. The van der Waals surface area contributed by atoms with Crippen molar-refractivity contribution in [1.29, 1.82) is 0 Å². The van der Waals surface area contributed by atoms with E-state index in [0.717, 1.165) is 27.8 Å². The lowest BCUT2D eigenvalue weighted by Gasteiger charge is -2.44. The maximum Gasteiger partial charge on any atom is 0.362 e. The molecule has 3 heterocycles. The van der Waals surface area contributed by atoms with Gasteiger partial charge < -0.3 is 14.2 Å². The van der Waals surface area contributed by atoms with Gasteiger partial charge in [0.25, 0.3) is 5.66 Å². The molecule has 2 aliphatic heterocycles. The molecule has 5 heteroatoms. The van der Waals surface area contributed by atoms with Gasteiger partial charge >= 0.3 is 5.97 Å². The van der Waals surface area contributed by atoms with Crippen molar-refractivity contribution in [3.05, 3.63) is 54.6 Å². The zero-order valence-corrected chi connectivity index (χ0v) is 16.2. The van der Waals surface area contributed by atoms with Crippen LogP contribution < -0.4 is 4.90 Å². The number of nitrogens with zero attached hydrogens (tertiary/aromatic N) is 2. The molecule has 0 bridgehead atoms. The summed E-state index contributed by atoms with van der Waals surface area (Å²) in [5.41, 5.74) is 1.45. The van der Waals surface area contributed by atoms with E-state index >= 15 is 0 Å². The lowest BCUT2D eigenvalue weighted by atomic mass is 9.97. The highest BCUT2D eigenvalue weighted by molar-refractivity contribution is 6.15. The smallest absolute Gasteiger partial charge is 0.362 e. The van der Waals surface area contributed by atoms with Crippen molar-refractivity contribution >= 4 is 28.3 Å². The van der Waals surface area contributed by atoms with Crippen LogP contribution in [0.5, 0.6) is 0 Å². The number of hydrogen-bond acceptors (Lipinski definition) is 4. The standard InChI is InChI=1S/C23H22N2O3/c1-22(2,3)28-21(27)23-20(26)12-13-24(23)18-11-7-5-9-16(18)19-14-15-8-4-6-10-17(15)25(19)23/h4-11,14H,12-13H2,1-3H3. The maximum atomic E-state index is 13.6. The predicted octanol–water partition coefficient (Wildman–Crippen LogP) is 4.10. The molecule has 1 saturated heterocycles. The van der Waals surface area contributed by atoms with Crippen LogP contribution in [0, 0.1) is 0 Å². The highest BCUT2D eigenvalue weighted by Crippen LogP contribution is 2.50.